The first-order valence-electron chi connectivity index (χ1n) is 4.46. The lowest BCUT2D eigenvalue weighted by Crippen LogP contribution is -2.62. The van der Waals surface area contributed by atoms with Crippen molar-refractivity contribution in [3.8, 4) is 0 Å². The molecule has 1 rings (SSSR count). The molecule has 0 atom stereocenters. The van der Waals surface area contributed by atoms with Crippen molar-refractivity contribution in [2.75, 3.05) is 14.1 Å². The summed E-state index contributed by atoms with van der Waals surface area (Å²) in [5.74, 6) is -0.961. The van der Waals surface area contributed by atoms with Crippen LogP contribution in [0.4, 0.5) is 4.79 Å². The molecule has 1 saturated carbocycles. The van der Waals surface area contributed by atoms with Crippen LogP contribution in [0.1, 0.15) is 19.3 Å². The van der Waals surface area contributed by atoms with E-state index in [-0.39, 0.29) is 0 Å². The van der Waals surface area contributed by atoms with E-state index in [2.05, 4.69) is 10.7 Å². The molecule has 0 aromatic heterocycles. The van der Waals surface area contributed by atoms with Gasteiger partial charge in [0.15, 0.2) is 0 Å². The fourth-order valence-electron chi connectivity index (χ4n) is 1.37. The molecular weight excluding hydrogens is 186 g/mol. The summed E-state index contributed by atoms with van der Waals surface area (Å²) in [5, 5.41) is 12.8. The van der Waals surface area contributed by atoms with E-state index in [4.69, 9.17) is 5.11 Å². The molecular formula is C8H15N3O3. The van der Waals surface area contributed by atoms with Gasteiger partial charge in [-0.05, 0) is 19.3 Å². The molecule has 14 heavy (non-hydrogen) atoms. The fraction of sp³-hybridized carbons (Fsp3) is 0.750. The second-order valence-electron chi connectivity index (χ2n) is 3.70. The van der Waals surface area contributed by atoms with E-state index in [1.807, 2.05) is 0 Å². The highest BCUT2D eigenvalue weighted by Crippen LogP contribution is 2.31. The predicted molar refractivity (Wildman–Crippen MR) is 49.6 cm³/mol. The Morgan fingerprint density at radius 3 is 2.21 bits per heavy atom. The first-order chi connectivity index (χ1) is 6.46. The van der Waals surface area contributed by atoms with Gasteiger partial charge in [-0.2, -0.15) is 0 Å². The average molecular weight is 201 g/mol. The highest BCUT2D eigenvalue weighted by molar-refractivity contribution is 5.86. The molecule has 1 aliphatic rings. The summed E-state index contributed by atoms with van der Waals surface area (Å²) in [5.41, 5.74) is 1.40. The second kappa shape index (κ2) is 3.83. The second-order valence-corrected chi connectivity index (χ2v) is 3.70. The third kappa shape index (κ3) is 2.14. The Balaban J connectivity index is 2.49. The van der Waals surface area contributed by atoms with Crippen LogP contribution in [0, 0.1) is 0 Å². The molecule has 6 heteroatoms. The average Bonchev–Trinajstić information content (AvgIpc) is 1.94. The van der Waals surface area contributed by atoms with Crippen molar-refractivity contribution in [1.29, 1.82) is 0 Å². The minimum absolute atomic E-state index is 0.475. The number of carbonyl (C=O) groups excluding carboxylic acids is 1. The summed E-state index contributed by atoms with van der Waals surface area (Å²) in [7, 11) is 3.32. The van der Waals surface area contributed by atoms with E-state index in [1.165, 1.54) is 5.01 Å². The van der Waals surface area contributed by atoms with E-state index in [0.29, 0.717) is 12.8 Å². The zero-order valence-electron chi connectivity index (χ0n) is 8.33. The van der Waals surface area contributed by atoms with Gasteiger partial charge in [0.1, 0.15) is 5.54 Å². The van der Waals surface area contributed by atoms with Crippen LogP contribution in [0.3, 0.4) is 0 Å². The van der Waals surface area contributed by atoms with Crippen LogP contribution in [0.15, 0.2) is 0 Å². The normalized spacial score (nSPS) is 18.5. The number of urea groups is 1. The lowest BCUT2D eigenvalue weighted by Gasteiger charge is -2.38. The van der Waals surface area contributed by atoms with Crippen LogP contribution < -0.4 is 10.7 Å². The van der Waals surface area contributed by atoms with Gasteiger partial charge in [-0.25, -0.2) is 14.6 Å². The molecule has 1 aliphatic carbocycles. The Labute approximate surface area is 82.2 Å². The van der Waals surface area contributed by atoms with E-state index in [9.17, 15) is 9.59 Å². The molecule has 0 aromatic rings. The molecule has 0 bridgehead atoms. The number of rotatable bonds is 3. The maximum atomic E-state index is 11.2. The van der Waals surface area contributed by atoms with Gasteiger partial charge in [0.05, 0.1) is 0 Å². The van der Waals surface area contributed by atoms with Crippen LogP contribution in [0.5, 0.6) is 0 Å². The Morgan fingerprint density at radius 2 is 1.93 bits per heavy atom. The van der Waals surface area contributed by atoms with Gasteiger partial charge in [0.2, 0.25) is 0 Å². The Bertz CT molecular complexity index is 248. The molecule has 0 aromatic carbocycles. The molecule has 0 heterocycles. The fourth-order valence-corrected chi connectivity index (χ4v) is 1.37. The smallest absolute Gasteiger partial charge is 0.330 e. The third-order valence-corrected chi connectivity index (χ3v) is 2.29. The number of aliphatic carboxylic acids is 1. The van der Waals surface area contributed by atoms with Crippen LogP contribution in [0.2, 0.25) is 0 Å². The van der Waals surface area contributed by atoms with Crippen molar-refractivity contribution in [3.63, 3.8) is 0 Å². The van der Waals surface area contributed by atoms with Crippen LogP contribution >= 0.6 is 0 Å². The summed E-state index contributed by atoms with van der Waals surface area (Å²) in [4.78, 5) is 22.1. The molecule has 2 amide bonds. The molecule has 0 unspecified atom stereocenters. The summed E-state index contributed by atoms with van der Waals surface area (Å²) in [6.07, 6.45) is 1.85. The standard InChI is InChI=1S/C8H15N3O3/c1-11(2)10-7(14)9-8(6(12)13)4-3-5-8/h3-5H2,1-2H3,(H,12,13)(H2,9,10,14). The molecule has 80 valence electrons. The van der Waals surface area contributed by atoms with Crippen molar-refractivity contribution in [2.24, 2.45) is 0 Å². The number of carbonyl (C=O) groups is 2. The van der Waals surface area contributed by atoms with Crippen LogP contribution in [-0.4, -0.2) is 41.8 Å². The van der Waals surface area contributed by atoms with Gasteiger partial charge in [-0.15, -0.1) is 0 Å². The zero-order chi connectivity index (χ0) is 10.8. The SMILES string of the molecule is CN(C)NC(=O)NC1(C(=O)O)CCC1. The Hall–Kier alpha value is -1.30. The number of nitrogens with zero attached hydrogens (tertiary/aromatic N) is 1. The van der Waals surface area contributed by atoms with E-state index >= 15 is 0 Å². The molecule has 0 spiro atoms. The molecule has 0 saturated heterocycles. The van der Waals surface area contributed by atoms with Gasteiger partial charge >= 0.3 is 12.0 Å². The van der Waals surface area contributed by atoms with Crippen molar-refractivity contribution < 1.29 is 14.7 Å². The highest BCUT2D eigenvalue weighted by atomic mass is 16.4. The number of carboxylic acids is 1. The first-order valence-corrected chi connectivity index (χ1v) is 4.46. The molecule has 3 N–H and O–H groups in total. The summed E-state index contributed by atoms with van der Waals surface area (Å²) in [6, 6.07) is -0.475. The maximum Gasteiger partial charge on any atom is 0.330 e. The van der Waals surface area contributed by atoms with Gasteiger partial charge in [0, 0.05) is 14.1 Å². The van der Waals surface area contributed by atoms with Crippen molar-refractivity contribution in [2.45, 2.75) is 24.8 Å². The summed E-state index contributed by atoms with van der Waals surface area (Å²) in [6.45, 7) is 0. The van der Waals surface area contributed by atoms with E-state index in [1.54, 1.807) is 14.1 Å². The maximum absolute atomic E-state index is 11.2. The van der Waals surface area contributed by atoms with Gasteiger partial charge in [-0.1, -0.05) is 0 Å². The van der Waals surface area contributed by atoms with Crippen molar-refractivity contribution >= 4 is 12.0 Å². The molecule has 6 nitrogen and oxygen atoms in total. The largest absolute Gasteiger partial charge is 0.480 e. The molecule has 1 fully saturated rings. The highest BCUT2D eigenvalue weighted by Gasteiger charge is 2.45. The first kappa shape index (κ1) is 10.8. The summed E-state index contributed by atoms with van der Waals surface area (Å²) >= 11 is 0. The summed E-state index contributed by atoms with van der Waals surface area (Å²) < 4.78 is 0. The number of hydrogen-bond donors (Lipinski definition) is 3. The Kier molecular flexibility index (Phi) is 2.95. The minimum Gasteiger partial charge on any atom is -0.480 e. The minimum atomic E-state index is -1.04. The monoisotopic (exact) mass is 201 g/mol. The predicted octanol–water partition coefficient (Wildman–Crippen LogP) is -0.231. The third-order valence-electron chi connectivity index (χ3n) is 2.29. The van der Waals surface area contributed by atoms with E-state index in [0.717, 1.165) is 6.42 Å². The quantitative estimate of drug-likeness (QED) is 0.551. The van der Waals surface area contributed by atoms with Gasteiger partial charge in [-0.3, -0.25) is 5.43 Å². The van der Waals surface area contributed by atoms with Gasteiger partial charge < -0.3 is 10.4 Å². The molecule has 0 radical (unpaired) electrons. The number of hydrazine groups is 1. The lowest BCUT2D eigenvalue weighted by atomic mass is 9.77. The number of nitrogens with one attached hydrogen (secondary N) is 2. The topological polar surface area (TPSA) is 81.7 Å². The van der Waals surface area contributed by atoms with E-state index < -0.39 is 17.5 Å². The van der Waals surface area contributed by atoms with Crippen LogP contribution in [0.25, 0.3) is 0 Å². The number of carboxylic acid groups (broad SMARTS) is 1. The number of amides is 2. The lowest BCUT2D eigenvalue weighted by molar-refractivity contribution is -0.148. The van der Waals surface area contributed by atoms with Crippen molar-refractivity contribution in [1.82, 2.24) is 15.8 Å². The number of hydrogen-bond acceptors (Lipinski definition) is 3. The zero-order valence-corrected chi connectivity index (χ0v) is 8.33. The van der Waals surface area contributed by atoms with Crippen molar-refractivity contribution in [3.05, 3.63) is 0 Å². The molecule has 0 aliphatic heterocycles. The van der Waals surface area contributed by atoms with Crippen LogP contribution in [-0.2, 0) is 4.79 Å². The van der Waals surface area contributed by atoms with Gasteiger partial charge in [0.25, 0.3) is 0 Å². The Morgan fingerprint density at radius 1 is 1.36 bits per heavy atom.